The molecule has 0 saturated heterocycles. The first-order valence-corrected chi connectivity index (χ1v) is 25.7. The van der Waals surface area contributed by atoms with E-state index in [0.29, 0.717) is 85.5 Å². The Morgan fingerprint density at radius 1 is 0.948 bits per heavy atom. The monoisotopic (exact) mass is 1230 g/mol. The number of aliphatic hydroxyl groups is 1. The van der Waals surface area contributed by atoms with Gasteiger partial charge < -0.3 is 68.3 Å². The molecule has 26 heteroatoms. The fraction of sp³-hybridized carbons (Fsp3) is 0.510. The van der Waals surface area contributed by atoms with Gasteiger partial charge in [-0.05, 0) is 87.6 Å². The average Bonchev–Trinajstić information content (AvgIpc) is 4.12. The summed E-state index contributed by atoms with van der Waals surface area (Å²) in [5, 5.41) is 31.1. The Bertz CT molecular complexity index is 2980. The van der Waals surface area contributed by atoms with Gasteiger partial charge in [-0.2, -0.15) is 0 Å². The Balaban J connectivity index is 0.00000961. The van der Waals surface area contributed by atoms with Gasteiger partial charge in [0.05, 0.1) is 68.1 Å². The summed E-state index contributed by atoms with van der Waals surface area (Å²) < 4.78 is 40.1. The van der Waals surface area contributed by atoms with Gasteiger partial charge in [0.25, 0.3) is 5.56 Å². The third-order valence-electron chi connectivity index (χ3n) is 13.2. The molecule has 0 fully saturated rings. The SMILES string of the molecule is CC[C@]1(O)C(=O)OCc2c1cc1n(c2=O)Cc2c-1nc1cc(F)c(C)cc1c2CCCCOCNC(=O)CNC(=O)[C@H](CCCCN)NC(=O)[C@@H](NC(=O)COCCOCCn1cc(-c2cnc([S-])nc2)nn1)C(C)C.[Tb]. The first-order chi connectivity index (χ1) is 36.5. The number of esters is 1. The van der Waals surface area contributed by atoms with Crippen molar-refractivity contribution < 1.29 is 91.0 Å². The molecule has 2 aliphatic heterocycles. The minimum absolute atomic E-state index is 0. The van der Waals surface area contributed by atoms with Gasteiger partial charge in [-0.15, -0.1) is 5.10 Å². The van der Waals surface area contributed by atoms with Crippen LogP contribution in [0.5, 0.6) is 0 Å². The molecule has 0 aliphatic carbocycles. The summed E-state index contributed by atoms with van der Waals surface area (Å²) in [5.74, 6) is -3.84. The van der Waals surface area contributed by atoms with Crippen LogP contribution in [-0.4, -0.2) is 134 Å². The van der Waals surface area contributed by atoms with Crippen molar-refractivity contribution in [1.29, 1.82) is 0 Å². The third-order valence-corrected chi connectivity index (χ3v) is 13.4. The largest absolute Gasteiger partial charge is 0.740 e. The number of carbonyl (C=O) groups excluding carboxylic acids is 5. The van der Waals surface area contributed by atoms with Crippen LogP contribution in [0.25, 0.3) is 33.5 Å². The van der Waals surface area contributed by atoms with E-state index in [1.807, 2.05) is 0 Å². The van der Waals surface area contributed by atoms with Gasteiger partial charge in [-0.3, -0.25) is 33.9 Å². The number of nitrogens with zero attached hydrogens (tertiary/aromatic N) is 7. The van der Waals surface area contributed by atoms with E-state index in [1.165, 1.54) is 6.07 Å². The Labute approximate surface area is 479 Å². The van der Waals surface area contributed by atoms with Crippen molar-refractivity contribution in [2.45, 2.75) is 115 Å². The van der Waals surface area contributed by atoms with E-state index < -0.39 is 65.2 Å². The standard InChI is InChI=1S/C51H65FN12O11S.Tb/c1-5-51(71)36-19-41-45-34(24-64(41)48(69)35(36)26-75-49(51)70)32(33-18-30(4)37(52)20-39(33)58-45)10-7-9-14-74-28-57-42(65)23-54-46(67)38(11-6-8-12-53)59-47(68)44(29(2)3)60-43(66)27-73-17-16-72-15-13-63-25-40(61-62-63)31-21-55-50(76)56-22-31;/h18-22,25,29,38,44,71H,5-17,23-24,26-28,53H2,1-4H3,(H,54,67)(H,57,65)(H,59,68)(H,60,66)(H,55,56,76);/p-1/t38-,44-,51+;/m0./s1. The number of hydrogen-bond acceptors (Lipinski definition) is 18. The summed E-state index contributed by atoms with van der Waals surface area (Å²) in [6.07, 6.45) is 7.93. The van der Waals surface area contributed by atoms with E-state index >= 15 is 0 Å². The van der Waals surface area contributed by atoms with Crippen LogP contribution in [0.3, 0.4) is 0 Å². The summed E-state index contributed by atoms with van der Waals surface area (Å²) >= 11 is 4.91. The Morgan fingerprint density at radius 2 is 1.71 bits per heavy atom. The summed E-state index contributed by atoms with van der Waals surface area (Å²) in [5.41, 5.74) is 8.39. The van der Waals surface area contributed by atoms with Gasteiger partial charge in [0, 0.05) is 90.9 Å². The van der Waals surface area contributed by atoms with Crippen LogP contribution in [0.2, 0.25) is 0 Å². The summed E-state index contributed by atoms with van der Waals surface area (Å²) in [6, 6.07) is 2.73. The van der Waals surface area contributed by atoms with Gasteiger partial charge in [0.1, 0.15) is 43.5 Å². The Morgan fingerprint density at radius 3 is 2.45 bits per heavy atom. The van der Waals surface area contributed by atoms with Crippen molar-refractivity contribution in [1.82, 2.24) is 55.8 Å². The van der Waals surface area contributed by atoms with Crippen molar-refractivity contribution in [3.8, 4) is 22.6 Å². The molecule has 0 saturated carbocycles. The molecule has 0 unspecified atom stereocenters. The van der Waals surface area contributed by atoms with E-state index in [9.17, 15) is 38.3 Å². The molecule has 4 aromatic heterocycles. The number of pyridine rings is 2. The molecular formula is C51H64FN12O11STb-. The van der Waals surface area contributed by atoms with Crippen LogP contribution in [0, 0.1) is 57.3 Å². The van der Waals surface area contributed by atoms with E-state index in [2.05, 4.69) is 41.5 Å². The van der Waals surface area contributed by atoms with Crippen molar-refractivity contribution >= 4 is 53.1 Å². The number of ether oxygens (including phenoxy) is 4. The van der Waals surface area contributed by atoms with Gasteiger partial charge >= 0.3 is 5.97 Å². The molecule has 417 valence electrons. The van der Waals surface area contributed by atoms with Crippen LogP contribution in [-0.2, 0) is 87.3 Å². The molecule has 1 aromatic carbocycles. The molecular weight excluding hydrogens is 1170 g/mol. The van der Waals surface area contributed by atoms with Crippen LogP contribution >= 0.6 is 0 Å². The van der Waals surface area contributed by atoms with Crippen LogP contribution in [0.15, 0.2) is 46.7 Å². The molecule has 5 aromatic rings. The predicted molar refractivity (Wildman–Crippen MR) is 274 cm³/mol. The van der Waals surface area contributed by atoms with Gasteiger partial charge in [0.15, 0.2) is 5.60 Å². The first kappa shape index (κ1) is 60.6. The molecule has 6 heterocycles. The summed E-state index contributed by atoms with van der Waals surface area (Å²) in [4.78, 5) is 91.8. The van der Waals surface area contributed by atoms with Gasteiger partial charge in [-0.1, -0.05) is 26.0 Å². The van der Waals surface area contributed by atoms with E-state index in [-0.39, 0.29) is 120 Å². The zero-order chi connectivity index (χ0) is 54.5. The molecule has 4 amide bonds. The number of benzene rings is 1. The quantitative estimate of drug-likeness (QED) is 0.0133. The first-order valence-electron chi connectivity index (χ1n) is 25.3. The smallest absolute Gasteiger partial charge is 0.343 e. The number of hydrogen-bond donors (Lipinski definition) is 6. The molecule has 3 atom stereocenters. The summed E-state index contributed by atoms with van der Waals surface area (Å²) in [7, 11) is 0. The Hall–Kier alpha value is -5.61. The number of carbonyl (C=O) groups is 5. The molecule has 1 radical (unpaired) electrons. The van der Waals surface area contributed by atoms with E-state index in [1.54, 1.807) is 67.7 Å². The Kier molecular flexibility index (Phi) is 22.3. The zero-order valence-corrected chi connectivity index (χ0v) is 46.2. The maximum atomic E-state index is 14.9. The molecule has 7 rings (SSSR count). The number of aromatic nitrogens is 7. The van der Waals surface area contributed by atoms with Crippen molar-refractivity contribution in [2.24, 2.45) is 11.7 Å². The van der Waals surface area contributed by atoms with Crippen LogP contribution < -0.4 is 32.6 Å². The minimum atomic E-state index is -1.99. The number of nitrogens with one attached hydrogen (secondary N) is 4. The molecule has 2 aliphatic rings. The number of unbranched alkanes of at least 4 members (excludes halogenated alkanes) is 2. The second kappa shape index (κ2) is 28.3. The van der Waals surface area contributed by atoms with E-state index in [4.69, 9.17) is 42.3 Å². The van der Waals surface area contributed by atoms with Crippen molar-refractivity contribution in [2.75, 3.05) is 52.9 Å². The number of aryl methyl sites for hydroxylation is 2. The molecule has 0 spiro atoms. The number of halogens is 1. The average molecular weight is 1230 g/mol. The zero-order valence-electron chi connectivity index (χ0n) is 43.3. The van der Waals surface area contributed by atoms with Crippen molar-refractivity contribution in [3.05, 3.63) is 80.8 Å². The van der Waals surface area contributed by atoms with Gasteiger partial charge in [-0.25, -0.2) is 18.9 Å². The molecule has 7 N–H and O–H groups in total. The molecule has 77 heavy (non-hydrogen) atoms. The molecule has 0 bridgehead atoms. The topological polar surface area (TPSA) is 308 Å². The normalized spacial score (nSPS) is 15.2. The second-order valence-electron chi connectivity index (χ2n) is 18.9. The summed E-state index contributed by atoms with van der Waals surface area (Å²) in [6.45, 7) is 7.55. The van der Waals surface area contributed by atoms with E-state index in [0.717, 1.165) is 16.5 Å². The number of nitrogens with two attached hydrogens (primary N) is 1. The maximum absolute atomic E-state index is 14.9. The van der Waals surface area contributed by atoms with Gasteiger partial charge in [0.2, 0.25) is 23.6 Å². The number of rotatable bonds is 28. The predicted octanol–water partition coefficient (Wildman–Crippen LogP) is 1.50. The maximum Gasteiger partial charge on any atom is 0.343 e. The molecule has 23 nitrogen and oxygen atoms in total. The number of amides is 4. The van der Waals surface area contributed by atoms with Crippen LogP contribution in [0.4, 0.5) is 4.39 Å². The third kappa shape index (κ3) is 15.2. The number of fused-ring (bicyclic) bond motifs is 5. The van der Waals surface area contributed by atoms with Crippen LogP contribution in [0.1, 0.15) is 87.1 Å². The second-order valence-corrected chi connectivity index (χ2v) is 19.3. The fourth-order valence-electron chi connectivity index (χ4n) is 8.94. The fourth-order valence-corrected chi connectivity index (χ4v) is 9.05. The minimum Gasteiger partial charge on any atom is -0.740 e. The number of cyclic esters (lactones) is 1. The van der Waals surface area contributed by atoms with Crippen molar-refractivity contribution in [3.63, 3.8) is 0 Å².